The molecule has 3 rings (SSSR count). The molecule has 0 bridgehead atoms. The summed E-state index contributed by atoms with van der Waals surface area (Å²) in [6.07, 6.45) is 2.20. The third kappa shape index (κ3) is 3.93. The fourth-order valence-electron chi connectivity index (χ4n) is 2.88. The molecule has 0 atom stereocenters. The highest BCUT2D eigenvalue weighted by Crippen LogP contribution is 2.39. The molecule has 0 aliphatic carbocycles. The number of carboxylic acid groups (broad SMARTS) is 1. The number of hydrogen-bond donors (Lipinski definition) is 1. The molecule has 1 N–H and O–H groups in total. The molecule has 9 heteroatoms. The number of aromatic nitrogens is 2. The minimum atomic E-state index is -0.822. The molecular formula is C17H18N4O4S. The Hall–Kier alpha value is -2.68. The molecule has 1 aromatic carbocycles. The van der Waals surface area contributed by atoms with E-state index < -0.39 is 16.8 Å². The Kier molecular flexibility index (Phi) is 5.36. The number of nitro groups is 1. The summed E-state index contributed by atoms with van der Waals surface area (Å²) in [5.41, 5.74) is 0.973. The van der Waals surface area contributed by atoms with Crippen LogP contribution in [0.1, 0.15) is 18.4 Å². The monoisotopic (exact) mass is 374 g/mol. The van der Waals surface area contributed by atoms with Crippen molar-refractivity contribution in [2.45, 2.75) is 29.7 Å². The molecule has 0 unspecified atom stereocenters. The summed E-state index contributed by atoms with van der Waals surface area (Å²) in [4.78, 5) is 33.2. The fraction of sp³-hybridized carbons (Fsp3) is 0.353. The first-order chi connectivity index (χ1) is 12.5. The van der Waals surface area contributed by atoms with Crippen molar-refractivity contribution in [1.29, 1.82) is 0 Å². The van der Waals surface area contributed by atoms with Gasteiger partial charge in [0.2, 0.25) is 5.82 Å². The summed E-state index contributed by atoms with van der Waals surface area (Å²) >= 11 is 1.22. The van der Waals surface area contributed by atoms with Crippen LogP contribution in [0.15, 0.2) is 40.5 Å². The summed E-state index contributed by atoms with van der Waals surface area (Å²) in [5.74, 6) is -0.977. The second-order valence-corrected chi connectivity index (χ2v) is 7.19. The minimum Gasteiger partial charge on any atom is -0.481 e. The molecule has 1 saturated heterocycles. The second-order valence-electron chi connectivity index (χ2n) is 6.12. The van der Waals surface area contributed by atoms with Crippen LogP contribution in [0, 0.1) is 23.0 Å². The van der Waals surface area contributed by atoms with Gasteiger partial charge in [0.15, 0.2) is 5.03 Å². The van der Waals surface area contributed by atoms with Crippen molar-refractivity contribution < 1.29 is 14.8 Å². The predicted octanol–water partition coefficient (Wildman–Crippen LogP) is 3.15. The van der Waals surface area contributed by atoms with Gasteiger partial charge in [0.25, 0.3) is 0 Å². The summed E-state index contributed by atoms with van der Waals surface area (Å²) in [6.45, 7) is 2.81. The molecule has 2 aromatic rings. The number of carbonyl (C=O) groups is 1. The van der Waals surface area contributed by atoms with Crippen molar-refractivity contribution in [2.75, 3.05) is 18.0 Å². The number of carboxylic acids is 1. The van der Waals surface area contributed by atoms with E-state index in [1.54, 1.807) is 4.90 Å². The Morgan fingerprint density at radius 1 is 1.27 bits per heavy atom. The smallest absolute Gasteiger partial charge is 0.343 e. The van der Waals surface area contributed by atoms with Crippen molar-refractivity contribution in [3.63, 3.8) is 0 Å². The molecule has 1 aliphatic rings. The maximum absolute atomic E-state index is 11.7. The Morgan fingerprint density at radius 2 is 1.92 bits per heavy atom. The summed E-state index contributed by atoms with van der Waals surface area (Å²) in [6, 6.07) is 7.66. The first kappa shape index (κ1) is 18.1. The first-order valence-corrected chi connectivity index (χ1v) is 8.99. The van der Waals surface area contributed by atoms with E-state index in [0.29, 0.717) is 25.9 Å². The number of hydrogen-bond acceptors (Lipinski definition) is 7. The molecule has 0 radical (unpaired) electrons. The highest BCUT2D eigenvalue weighted by molar-refractivity contribution is 7.99. The van der Waals surface area contributed by atoms with Gasteiger partial charge in [0.05, 0.1) is 10.8 Å². The van der Waals surface area contributed by atoms with Crippen molar-refractivity contribution in [1.82, 2.24) is 9.97 Å². The molecule has 0 amide bonds. The van der Waals surface area contributed by atoms with E-state index in [1.807, 2.05) is 31.2 Å². The van der Waals surface area contributed by atoms with E-state index in [-0.39, 0.29) is 16.5 Å². The number of anilines is 1. The highest BCUT2D eigenvalue weighted by atomic mass is 32.2. The van der Waals surface area contributed by atoms with Gasteiger partial charge in [-0.15, -0.1) is 0 Å². The molecule has 136 valence electrons. The van der Waals surface area contributed by atoms with Crippen LogP contribution < -0.4 is 4.90 Å². The van der Waals surface area contributed by atoms with Crippen molar-refractivity contribution in [3.8, 4) is 0 Å². The van der Waals surface area contributed by atoms with E-state index in [2.05, 4.69) is 9.97 Å². The molecule has 2 heterocycles. The van der Waals surface area contributed by atoms with Crippen LogP contribution in [-0.4, -0.2) is 39.1 Å². The average Bonchev–Trinajstić information content (AvgIpc) is 2.63. The fourth-order valence-corrected chi connectivity index (χ4v) is 3.73. The topological polar surface area (TPSA) is 109 Å². The van der Waals surface area contributed by atoms with Gasteiger partial charge in [0.1, 0.15) is 6.33 Å². The second kappa shape index (κ2) is 7.69. The van der Waals surface area contributed by atoms with E-state index >= 15 is 0 Å². The number of aliphatic carboxylic acids is 1. The van der Waals surface area contributed by atoms with Gasteiger partial charge in [-0.1, -0.05) is 29.5 Å². The Balaban J connectivity index is 1.88. The Labute approximate surface area is 154 Å². The number of piperidine rings is 1. The van der Waals surface area contributed by atoms with Crippen molar-refractivity contribution >= 4 is 29.2 Å². The molecule has 0 spiro atoms. The first-order valence-electron chi connectivity index (χ1n) is 8.17. The molecule has 1 aromatic heterocycles. The molecule has 1 aliphatic heterocycles. The third-order valence-corrected chi connectivity index (χ3v) is 5.33. The molecule has 26 heavy (non-hydrogen) atoms. The number of nitrogens with zero attached hydrogens (tertiary/aromatic N) is 4. The molecule has 8 nitrogen and oxygen atoms in total. The lowest BCUT2D eigenvalue weighted by atomic mass is 9.97. The molecule has 0 saturated carbocycles. The van der Waals surface area contributed by atoms with Crippen LogP contribution in [0.3, 0.4) is 0 Å². The maximum atomic E-state index is 11.7. The van der Waals surface area contributed by atoms with Crippen LogP contribution in [0.5, 0.6) is 0 Å². The van der Waals surface area contributed by atoms with Crippen LogP contribution in [0.4, 0.5) is 11.5 Å². The van der Waals surface area contributed by atoms with Gasteiger partial charge in [-0.25, -0.2) is 9.97 Å². The summed E-state index contributed by atoms with van der Waals surface area (Å²) < 4.78 is 0. The molecule has 1 fully saturated rings. The zero-order chi connectivity index (χ0) is 18.7. The van der Waals surface area contributed by atoms with Gasteiger partial charge >= 0.3 is 11.7 Å². The van der Waals surface area contributed by atoms with Gasteiger partial charge in [-0.2, -0.15) is 0 Å². The maximum Gasteiger partial charge on any atom is 0.343 e. The number of rotatable bonds is 5. The largest absolute Gasteiger partial charge is 0.481 e. The Bertz CT molecular complexity index is 820. The summed E-state index contributed by atoms with van der Waals surface area (Å²) in [5, 5.41) is 21.1. The lowest BCUT2D eigenvalue weighted by molar-refractivity contribution is -0.387. The highest BCUT2D eigenvalue weighted by Gasteiger charge is 2.31. The number of aryl methyl sites for hydroxylation is 1. The predicted molar refractivity (Wildman–Crippen MR) is 96.6 cm³/mol. The average molecular weight is 374 g/mol. The zero-order valence-electron chi connectivity index (χ0n) is 14.2. The van der Waals surface area contributed by atoms with Gasteiger partial charge in [0, 0.05) is 18.0 Å². The van der Waals surface area contributed by atoms with Crippen LogP contribution in [0.25, 0.3) is 0 Å². The van der Waals surface area contributed by atoms with E-state index in [9.17, 15) is 14.9 Å². The van der Waals surface area contributed by atoms with Crippen LogP contribution in [0.2, 0.25) is 0 Å². The lowest BCUT2D eigenvalue weighted by Crippen LogP contribution is -2.37. The van der Waals surface area contributed by atoms with Crippen molar-refractivity contribution in [3.05, 3.63) is 46.3 Å². The van der Waals surface area contributed by atoms with Crippen molar-refractivity contribution in [2.24, 2.45) is 5.92 Å². The number of benzene rings is 1. The van der Waals surface area contributed by atoms with E-state index in [4.69, 9.17) is 5.11 Å². The SMILES string of the molecule is Cc1ccc(Sc2ncnc(N3CCC(C(=O)O)CC3)c2[N+](=O)[O-])cc1. The van der Waals surface area contributed by atoms with E-state index in [1.165, 1.54) is 18.1 Å². The quantitative estimate of drug-likeness (QED) is 0.483. The normalized spacial score (nSPS) is 15.0. The van der Waals surface area contributed by atoms with Gasteiger partial charge in [-0.3, -0.25) is 14.9 Å². The minimum absolute atomic E-state index is 0.133. The third-order valence-electron chi connectivity index (χ3n) is 4.33. The van der Waals surface area contributed by atoms with E-state index in [0.717, 1.165) is 10.5 Å². The summed E-state index contributed by atoms with van der Waals surface area (Å²) in [7, 11) is 0. The zero-order valence-corrected chi connectivity index (χ0v) is 15.0. The van der Waals surface area contributed by atoms with Crippen LogP contribution in [-0.2, 0) is 4.79 Å². The standard InChI is InChI=1S/C17H18N4O4S/c1-11-2-4-13(5-3-11)26-16-14(21(24)25)15(18-10-19-16)20-8-6-12(7-9-20)17(22)23/h2-5,10,12H,6-9H2,1H3,(H,22,23). The molecular weight excluding hydrogens is 356 g/mol. The Morgan fingerprint density at radius 3 is 2.50 bits per heavy atom. The van der Waals surface area contributed by atoms with Crippen LogP contribution >= 0.6 is 11.8 Å². The van der Waals surface area contributed by atoms with Gasteiger partial charge in [-0.05, 0) is 31.9 Å². The van der Waals surface area contributed by atoms with Gasteiger partial charge < -0.3 is 10.0 Å². The lowest BCUT2D eigenvalue weighted by Gasteiger charge is -2.30.